The highest BCUT2D eigenvalue weighted by atomic mass is 35.5. The van der Waals surface area contributed by atoms with Crippen molar-refractivity contribution in [1.29, 1.82) is 0 Å². The van der Waals surface area contributed by atoms with Crippen molar-refractivity contribution in [2.45, 2.75) is 55.5 Å². The number of carbonyl (C=O) groups excluding carboxylic acids is 2. The number of nitrogens with one attached hydrogen (secondary N) is 1. The van der Waals surface area contributed by atoms with E-state index < -0.39 is 28.9 Å². The summed E-state index contributed by atoms with van der Waals surface area (Å²) in [5.41, 5.74) is 1.11. The minimum atomic E-state index is -1.45. The number of anilines is 2. The molecule has 3 fully saturated rings. The molecule has 42 heavy (non-hydrogen) atoms. The zero-order chi connectivity index (χ0) is 29.2. The van der Waals surface area contributed by atoms with Crippen LogP contribution >= 0.6 is 11.6 Å². The van der Waals surface area contributed by atoms with Crippen molar-refractivity contribution in [2.24, 2.45) is 5.92 Å². The summed E-state index contributed by atoms with van der Waals surface area (Å²) in [6.45, 7) is 0.376. The monoisotopic (exact) mass is 610 g/mol. The highest BCUT2D eigenvalue weighted by Gasteiger charge is 2.48. The van der Waals surface area contributed by atoms with E-state index in [2.05, 4.69) is 10.3 Å². The van der Waals surface area contributed by atoms with E-state index in [1.165, 1.54) is 6.07 Å². The van der Waals surface area contributed by atoms with Gasteiger partial charge < -0.3 is 15.0 Å². The number of rotatable bonds is 11. The molecule has 0 radical (unpaired) electrons. The number of ether oxygens (including phenoxy) is 1. The maximum absolute atomic E-state index is 15.1. The van der Waals surface area contributed by atoms with Crippen LogP contribution in [0.2, 0.25) is 5.02 Å². The number of morpholine rings is 1. The lowest BCUT2D eigenvalue weighted by Crippen LogP contribution is -2.58. The van der Waals surface area contributed by atoms with Gasteiger partial charge in [-0.05, 0) is 73.6 Å². The Bertz CT molecular complexity index is 1450. The van der Waals surface area contributed by atoms with Gasteiger partial charge in [-0.15, -0.1) is 0 Å². The summed E-state index contributed by atoms with van der Waals surface area (Å²) in [5, 5.41) is 3.27. The topological polar surface area (TPSA) is 91.8 Å². The number of hydrogen-bond donors (Lipinski definition) is 1. The molecule has 2 aliphatic carbocycles. The summed E-state index contributed by atoms with van der Waals surface area (Å²) in [7, 11) is -1.45. The predicted octanol–water partition coefficient (Wildman–Crippen LogP) is 5.28. The number of benzene rings is 2. The fraction of sp³-hybridized carbons (Fsp3) is 0.387. The Labute approximate surface area is 251 Å². The molecule has 220 valence electrons. The molecule has 1 aliphatic heterocycles. The molecule has 3 aromatic rings. The summed E-state index contributed by atoms with van der Waals surface area (Å²) < 4.78 is 36.4. The van der Waals surface area contributed by atoms with Gasteiger partial charge in [-0.3, -0.25) is 13.9 Å². The van der Waals surface area contributed by atoms with Crippen molar-refractivity contribution in [2.75, 3.05) is 22.8 Å². The summed E-state index contributed by atoms with van der Waals surface area (Å²) in [6, 6.07) is 18.0. The summed E-state index contributed by atoms with van der Waals surface area (Å²) in [6.07, 6.45) is 3.83. The Morgan fingerprint density at radius 1 is 1.10 bits per heavy atom. The lowest BCUT2D eigenvalue weighted by Gasteiger charge is -2.45. The zero-order valence-electron chi connectivity index (χ0n) is 22.9. The molecule has 4 unspecified atom stereocenters. The summed E-state index contributed by atoms with van der Waals surface area (Å²) in [4.78, 5) is 33.1. The molecular weight excluding hydrogens is 579 g/mol. The zero-order valence-corrected chi connectivity index (χ0v) is 24.5. The number of aromatic nitrogens is 1. The van der Waals surface area contributed by atoms with Crippen LogP contribution in [0.1, 0.15) is 43.7 Å². The Morgan fingerprint density at radius 2 is 1.83 bits per heavy atom. The fourth-order valence-electron chi connectivity index (χ4n) is 5.45. The van der Waals surface area contributed by atoms with E-state index >= 15 is 4.39 Å². The Kier molecular flexibility index (Phi) is 8.55. The molecule has 3 aliphatic rings. The fourth-order valence-corrected chi connectivity index (χ4v) is 7.11. The van der Waals surface area contributed by atoms with E-state index in [0.29, 0.717) is 10.8 Å². The van der Waals surface area contributed by atoms with Crippen LogP contribution in [-0.2, 0) is 25.3 Å². The normalized spacial score (nSPS) is 22.0. The first-order valence-electron chi connectivity index (χ1n) is 14.2. The van der Waals surface area contributed by atoms with E-state index in [4.69, 9.17) is 16.3 Å². The Balaban J connectivity index is 1.31. The van der Waals surface area contributed by atoms with Gasteiger partial charge in [0.15, 0.2) is 0 Å². The van der Waals surface area contributed by atoms with Gasteiger partial charge in [-0.25, -0.2) is 13.6 Å². The van der Waals surface area contributed by atoms with Crippen molar-refractivity contribution >= 4 is 45.9 Å². The van der Waals surface area contributed by atoms with E-state index in [1.807, 2.05) is 12.1 Å². The first kappa shape index (κ1) is 28.8. The van der Waals surface area contributed by atoms with Crippen LogP contribution in [0, 0.1) is 11.7 Å². The second-order valence-corrected chi connectivity index (χ2v) is 13.1. The van der Waals surface area contributed by atoms with E-state index in [0.717, 1.165) is 31.2 Å². The van der Waals surface area contributed by atoms with Gasteiger partial charge in [0, 0.05) is 11.2 Å². The molecule has 0 bridgehead atoms. The quantitative estimate of drug-likeness (QED) is 0.319. The molecular formula is C31H32ClFN4O4S. The number of hydrogen-bond acceptors (Lipinski definition) is 5. The van der Waals surface area contributed by atoms with Crippen molar-refractivity contribution in [3.63, 3.8) is 0 Å². The molecule has 6 rings (SSSR count). The van der Waals surface area contributed by atoms with Crippen molar-refractivity contribution < 1.29 is 22.9 Å². The number of para-hydroxylation sites is 1. The highest BCUT2D eigenvalue weighted by Crippen LogP contribution is 2.43. The van der Waals surface area contributed by atoms with Crippen LogP contribution in [0.25, 0.3) is 0 Å². The third-order valence-corrected chi connectivity index (χ3v) is 9.98. The smallest absolute Gasteiger partial charge is 0.253 e. The number of amides is 2. The van der Waals surface area contributed by atoms with Gasteiger partial charge in [0.05, 0.1) is 42.6 Å². The van der Waals surface area contributed by atoms with Gasteiger partial charge in [-0.2, -0.15) is 0 Å². The third-order valence-electron chi connectivity index (χ3n) is 7.90. The molecule has 2 aromatic carbocycles. The molecule has 8 nitrogen and oxygen atoms in total. The standard InChI is InChI=1S/C31H32ClFN4O4S/c32-22-12-10-21(11-13-22)27-19-41-28(17-30(38)35-29-7-3-4-16-34-29)31(39)37(27)26(20-8-9-20)18-36(42(40)23-14-15-23)25-6-2-1-5-24(25)33/h1-7,10-13,16,20,23,26-28H,8-9,14-15,17-19H2,(H,34,35,38). The average Bonchev–Trinajstić information content (AvgIpc) is 3.91. The molecule has 0 spiro atoms. The van der Waals surface area contributed by atoms with Gasteiger partial charge in [0.1, 0.15) is 28.7 Å². The van der Waals surface area contributed by atoms with Gasteiger partial charge in [0.25, 0.3) is 5.91 Å². The molecule has 4 atom stereocenters. The molecule has 2 heterocycles. The number of halogens is 2. The molecule has 1 N–H and O–H groups in total. The van der Waals surface area contributed by atoms with Crippen LogP contribution in [0.3, 0.4) is 0 Å². The van der Waals surface area contributed by atoms with Crippen molar-refractivity contribution in [3.8, 4) is 0 Å². The van der Waals surface area contributed by atoms with Crippen LogP contribution in [0.15, 0.2) is 72.9 Å². The highest BCUT2D eigenvalue weighted by molar-refractivity contribution is 7.87. The maximum Gasteiger partial charge on any atom is 0.253 e. The van der Waals surface area contributed by atoms with Crippen LogP contribution in [-0.4, -0.2) is 56.5 Å². The van der Waals surface area contributed by atoms with Crippen molar-refractivity contribution in [3.05, 3.63) is 89.3 Å². The lowest BCUT2D eigenvalue weighted by molar-refractivity contribution is -0.166. The second kappa shape index (κ2) is 12.5. The minimum absolute atomic E-state index is 0.0278. The number of carbonyl (C=O) groups is 2. The van der Waals surface area contributed by atoms with Crippen LogP contribution in [0.4, 0.5) is 15.9 Å². The van der Waals surface area contributed by atoms with E-state index in [1.54, 1.807) is 63.9 Å². The first-order valence-corrected chi connectivity index (χ1v) is 15.8. The van der Waals surface area contributed by atoms with E-state index in [-0.39, 0.29) is 54.3 Å². The van der Waals surface area contributed by atoms with Gasteiger partial charge in [0.2, 0.25) is 5.91 Å². The molecule has 1 aromatic heterocycles. The summed E-state index contributed by atoms with van der Waals surface area (Å²) in [5.74, 6) is -0.619. The largest absolute Gasteiger partial charge is 0.365 e. The molecule has 2 amide bonds. The average molecular weight is 611 g/mol. The van der Waals surface area contributed by atoms with E-state index in [9.17, 15) is 13.8 Å². The van der Waals surface area contributed by atoms with Crippen molar-refractivity contribution in [1.82, 2.24) is 9.88 Å². The van der Waals surface area contributed by atoms with Crippen LogP contribution in [0.5, 0.6) is 0 Å². The third kappa shape index (κ3) is 6.50. The second-order valence-electron chi connectivity index (χ2n) is 11.0. The van der Waals surface area contributed by atoms with Gasteiger partial charge >= 0.3 is 0 Å². The summed E-state index contributed by atoms with van der Waals surface area (Å²) >= 11 is 6.17. The molecule has 1 saturated heterocycles. The lowest BCUT2D eigenvalue weighted by atomic mass is 9.97. The number of nitrogens with zero attached hydrogens (tertiary/aromatic N) is 3. The Morgan fingerprint density at radius 3 is 2.50 bits per heavy atom. The predicted molar refractivity (Wildman–Crippen MR) is 160 cm³/mol. The van der Waals surface area contributed by atoms with Crippen LogP contribution < -0.4 is 9.62 Å². The number of pyridine rings is 1. The minimum Gasteiger partial charge on any atom is -0.365 e. The molecule has 2 saturated carbocycles. The SMILES string of the molecule is O=C(CC1OCC(c2ccc(Cl)cc2)N(C(CN(c2ccccc2F)S(=O)C2CC2)C2CC2)C1=O)Nc1ccccn1. The first-order chi connectivity index (χ1) is 20.4. The van der Waals surface area contributed by atoms with Gasteiger partial charge in [-0.1, -0.05) is 41.9 Å². The molecule has 11 heteroatoms. The maximum atomic E-state index is 15.1. The Hall–Kier alpha value is -3.34.